The average molecular weight is 202 g/mol. The number of hydrogen-bond donors (Lipinski definition) is 2. The van der Waals surface area contributed by atoms with Gasteiger partial charge in [0, 0.05) is 6.42 Å². The van der Waals surface area contributed by atoms with Crippen molar-refractivity contribution in [2.24, 2.45) is 5.73 Å². The molecule has 0 aliphatic rings. The Morgan fingerprint density at radius 3 is 2.43 bits per heavy atom. The summed E-state index contributed by atoms with van der Waals surface area (Å²) in [6.07, 6.45) is 4.73. The molecule has 0 aromatic rings. The van der Waals surface area contributed by atoms with Crippen LogP contribution in [0.15, 0.2) is 0 Å². The second kappa shape index (κ2) is 8.34. The van der Waals surface area contributed by atoms with Gasteiger partial charge in [-0.1, -0.05) is 32.6 Å². The zero-order valence-corrected chi connectivity index (χ0v) is 8.54. The lowest BCUT2D eigenvalue weighted by molar-refractivity contribution is -0.129. The van der Waals surface area contributed by atoms with E-state index in [1.165, 1.54) is 12.8 Å². The molecular formula is C9H18N2O3. The van der Waals surface area contributed by atoms with Crippen LogP contribution in [-0.2, 0) is 9.63 Å². The fourth-order valence-corrected chi connectivity index (χ4v) is 1.05. The molecule has 0 radical (unpaired) electrons. The Morgan fingerprint density at radius 2 is 1.86 bits per heavy atom. The Morgan fingerprint density at radius 1 is 1.21 bits per heavy atom. The molecule has 5 heteroatoms. The van der Waals surface area contributed by atoms with E-state index in [1.807, 2.05) is 5.48 Å². The van der Waals surface area contributed by atoms with Gasteiger partial charge in [0.2, 0.25) is 0 Å². The molecule has 5 nitrogen and oxygen atoms in total. The van der Waals surface area contributed by atoms with Gasteiger partial charge in [-0.25, -0.2) is 4.79 Å². The van der Waals surface area contributed by atoms with Gasteiger partial charge in [0.1, 0.15) is 0 Å². The predicted octanol–water partition coefficient (Wildman–Crippen LogP) is 1.47. The smallest absolute Gasteiger partial charge is 0.333 e. The summed E-state index contributed by atoms with van der Waals surface area (Å²) < 4.78 is 0. The molecule has 0 saturated carbocycles. The molecule has 0 saturated heterocycles. The van der Waals surface area contributed by atoms with Crippen LogP contribution in [0.5, 0.6) is 0 Å². The standard InChI is InChI=1S/C9H18N2O3/c1-2-3-4-5-6-7-8(12)11-14-9(10)13/h2-7H2,1H3,(H2,10,13)(H,11,12). The molecule has 0 heterocycles. The molecule has 0 aromatic heterocycles. The number of rotatable bonds is 6. The minimum Gasteiger partial charge on any atom is -0.333 e. The summed E-state index contributed by atoms with van der Waals surface area (Å²) in [4.78, 5) is 25.2. The first-order valence-corrected chi connectivity index (χ1v) is 4.92. The Balaban J connectivity index is 3.22. The second-order valence-electron chi connectivity index (χ2n) is 3.11. The van der Waals surface area contributed by atoms with Crippen LogP contribution in [0.25, 0.3) is 0 Å². The summed E-state index contributed by atoms with van der Waals surface area (Å²) in [6, 6.07) is 0. The predicted molar refractivity (Wildman–Crippen MR) is 52.2 cm³/mol. The van der Waals surface area contributed by atoms with Crippen molar-refractivity contribution in [1.82, 2.24) is 5.48 Å². The van der Waals surface area contributed by atoms with Crippen LogP contribution in [-0.4, -0.2) is 12.0 Å². The minimum atomic E-state index is -0.996. The van der Waals surface area contributed by atoms with Crippen LogP contribution >= 0.6 is 0 Å². The number of hydrogen-bond acceptors (Lipinski definition) is 3. The lowest BCUT2D eigenvalue weighted by atomic mass is 10.1. The summed E-state index contributed by atoms with van der Waals surface area (Å²) in [6.45, 7) is 2.13. The summed E-state index contributed by atoms with van der Waals surface area (Å²) in [5, 5.41) is 0. The third kappa shape index (κ3) is 8.83. The lowest BCUT2D eigenvalue weighted by Gasteiger charge is -2.02. The van der Waals surface area contributed by atoms with Crippen molar-refractivity contribution in [1.29, 1.82) is 0 Å². The topological polar surface area (TPSA) is 81.4 Å². The molecule has 14 heavy (non-hydrogen) atoms. The van der Waals surface area contributed by atoms with E-state index < -0.39 is 6.09 Å². The van der Waals surface area contributed by atoms with E-state index in [2.05, 4.69) is 17.5 Å². The largest absolute Gasteiger partial charge is 0.428 e. The van der Waals surface area contributed by atoms with Gasteiger partial charge >= 0.3 is 6.09 Å². The molecule has 0 unspecified atom stereocenters. The van der Waals surface area contributed by atoms with Crippen molar-refractivity contribution in [3.8, 4) is 0 Å². The van der Waals surface area contributed by atoms with E-state index in [4.69, 9.17) is 0 Å². The van der Waals surface area contributed by atoms with Crippen LogP contribution in [0.3, 0.4) is 0 Å². The van der Waals surface area contributed by atoms with Gasteiger partial charge in [-0.05, 0) is 6.42 Å². The van der Waals surface area contributed by atoms with Crippen LogP contribution in [0.4, 0.5) is 4.79 Å². The van der Waals surface area contributed by atoms with Gasteiger partial charge < -0.3 is 10.6 Å². The number of unbranched alkanes of at least 4 members (excludes halogenated alkanes) is 4. The van der Waals surface area contributed by atoms with E-state index in [0.29, 0.717) is 6.42 Å². The molecule has 0 aliphatic carbocycles. The zero-order valence-electron chi connectivity index (χ0n) is 8.54. The Hall–Kier alpha value is -1.26. The summed E-state index contributed by atoms with van der Waals surface area (Å²) in [5.74, 6) is -0.305. The number of carbonyl (C=O) groups excluding carboxylic acids is 2. The van der Waals surface area contributed by atoms with Gasteiger partial charge in [0.15, 0.2) is 0 Å². The average Bonchev–Trinajstić information content (AvgIpc) is 2.14. The van der Waals surface area contributed by atoms with Crippen LogP contribution in [0.2, 0.25) is 0 Å². The molecule has 2 amide bonds. The number of nitrogens with one attached hydrogen (secondary N) is 1. The van der Waals surface area contributed by atoms with E-state index in [0.717, 1.165) is 19.3 Å². The molecule has 3 N–H and O–H groups in total. The Labute approximate surface area is 83.9 Å². The van der Waals surface area contributed by atoms with Gasteiger partial charge in [0.05, 0.1) is 0 Å². The highest BCUT2D eigenvalue weighted by molar-refractivity contribution is 5.76. The number of nitrogens with two attached hydrogens (primary N) is 1. The molecule has 0 aliphatic heterocycles. The van der Waals surface area contributed by atoms with Crippen LogP contribution in [0.1, 0.15) is 45.4 Å². The molecule has 0 rings (SSSR count). The Kier molecular flexibility index (Phi) is 7.59. The normalized spacial score (nSPS) is 9.50. The van der Waals surface area contributed by atoms with Crippen molar-refractivity contribution < 1.29 is 14.4 Å². The first-order valence-electron chi connectivity index (χ1n) is 4.92. The van der Waals surface area contributed by atoms with Gasteiger partial charge in [0.25, 0.3) is 5.91 Å². The Bertz CT molecular complexity index is 183. The van der Waals surface area contributed by atoms with Crippen LogP contribution in [0, 0.1) is 0 Å². The van der Waals surface area contributed by atoms with E-state index >= 15 is 0 Å². The van der Waals surface area contributed by atoms with E-state index in [1.54, 1.807) is 0 Å². The molecule has 0 fully saturated rings. The molecule has 0 bridgehead atoms. The summed E-state index contributed by atoms with van der Waals surface area (Å²) in [5.41, 5.74) is 6.62. The number of carbonyl (C=O) groups is 2. The SMILES string of the molecule is CCCCCCCC(=O)NOC(N)=O. The molecule has 0 aromatic carbocycles. The highest BCUT2D eigenvalue weighted by Crippen LogP contribution is 2.04. The highest BCUT2D eigenvalue weighted by Gasteiger charge is 2.02. The van der Waals surface area contributed by atoms with Gasteiger partial charge in [-0.15, -0.1) is 0 Å². The van der Waals surface area contributed by atoms with Crippen molar-refractivity contribution in [2.45, 2.75) is 45.4 Å². The minimum absolute atomic E-state index is 0.305. The van der Waals surface area contributed by atoms with Crippen molar-refractivity contribution in [3.05, 3.63) is 0 Å². The van der Waals surface area contributed by atoms with Gasteiger partial charge in [-0.2, -0.15) is 5.48 Å². The third-order valence-electron chi connectivity index (χ3n) is 1.77. The van der Waals surface area contributed by atoms with Crippen molar-refractivity contribution in [2.75, 3.05) is 0 Å². The maximum Gasteiger partial charge on any atom is 0.428 e. The highest BCUT2D eigenvalue weighted by atomic mass is 16.7. The second-order valence-corrected chi connectivity index (χ2v) is 3.11. The van der Waals surface area contributed by atoms with Crippen molar-refractivity contribution >= 4 is 12.0 Å². The monoisotopic (exact) mass is 202 g/mol. The van der Waals surface area contributed by atoms with E-state index in [9.17, 15) is 9.59 Å². The molecular weight excluding hydrogens is 184 g/mol. The first-order chi connectivity index (χ1) is 6.66. The fraction of sp³-hybridized carbons (Fsp3) is 0.778. The van der Waals surface area contributed by atoms with Crippen molar-refractivity contribution in [3.63, 3.8) is 0 Å². The zero-order chi connectivity index (χ0) is 10.8. The van der Waals surface area contributed by atoms with Gasteiger partial charge in [-0.3, -0.25) is 4.79 Å². The fourth-order valence-electron chi connectivity index (χ4n) is 1.05. The molecule has 0 atom stereocenters. The molecule has 82 valence electrons. The number of amides is 2. The number of primary amides is 1. The number of hydroxylamine groups is 1. The lowest BCUT2D eigenvalue weighted by Crippen LogP contribution is -2.29. The molecule has 0 spiro atoms. The maximum absolute atomic E-state index is 10.9. The maximum atomic E-state index is 10.9. The summed E-state index contributed by atoms with van der Waals surface area (Å²) in [7, 11) is 0. The third-order valence-corrected chi connectivity index (χ3v) is 1.77. The summed E-state index contributed by atoms with van der Waals surface area (Å²) >= 11 is 0. The van der Waals surface area contributed by atoms with Crippen LogP contribution < -0.4 is 11.2 Å². The quantitative estimate of drug-likeness (QED) is 0.505. The first kappa shape index (κ1) is 12.7. The van der Waals surface area contributed by atoms with E-state index in [-0.39, 0.29) is 5.91 Å².